The van der Waals surface area contributed by atoms with Crippen LogP contribution in [-0.2, 0) is 6.54 Å². The van der Waals surface area contributed by atoms with Crippen molar-refractivity contribution in [1.82, 2.24) is 14.8 Å². The molecule has 0 aliphatic carbocycles. The summed E-state index contributed by atoms with van der Waals surface area (Å²) in [5.74, 6) is -1.08. The average Bonchev–Trinajstić information content (AvgIpc) is 2.56. The summed E-state index contributed by atoms with van der Waals surface area (Å²) >= 11 is 6.04. The number of nitrogens with zero attached hydrogens (tertiary/aromatic N) is 3. The first-order valence-electron chi connectivity index (χ1n) is 4.81. The zero-order valence-electron chi connectivity index (χ0n) is 8.86. The molecule has 84 valence electrons. The summed E-state index contributed by atoms with van der Waals surface area (Å²) in [5, 5.41) is 14.0. The van der Waals surface area contributed by atoms with Gasteiger partial charge in [0.15, 0.2) is 5.65 Å². The predicted octanol–water partition coefficient (Wildman–Crippen LogP) is 2.11. The molecule has 0 saturated carbocycles. The van der Waals surface area contributed by atoms with E-state index in [9.17, 15) is 4.79 Å². The van der Waals surface area contributed by atoms with Crippen molar-refractivity contribution in [3.8, 4) is 0 Å². The van der Waals surface area contributed by atoms with Gasteiger partial charge in [-0.05, 0) is 13.8 Å². The molecule has 1 N–H and O–H groups in total. The maximum Gasteiger partial charge on any atom is 0.338 e. The highest BCUT2D eigenvalue weighted by molar-refractivity contribution is 6.38. The van der Waals surface area contributed by atoms with Crippen LogP contribution < -0.4 is 0 Å². The van der Waals surface area contributed by atoms with Crippen LogP contribution in [0.5, 0.6) is 0 Å². The first-order valence-corrected chi connectivity index (χ1v) is 5.19. The van der Waals surface area contributed by atoms with E-state index in [1.807, 2.05) is 6.92 Å². The van der Waals surface area contributed by atoms with Crippen LogP contribution in [0.4, 0.5) is 0 Å². The van der Waals surface area contributed by atoms with Crippen molar-refractivity contribution in [3.05, 3.63) is 22.5 Å². The van der Waals surface area contributed by atoms with E-state index in [-0.39, 0.29) is 10.6 Å². The number of rotatable bonds is 2. The molecule has 0 aromatic carbocycles. The normalized spacial score (nSPS) is 10.9. The molecule has 2 rings (SSSR count). The van der Waals surface area contributed by atoms with Crippen molar-refractivity contribution in [2.24, 2.45) is 0 Å². The minimum Gasteiger partial charge on any atom is -0.478 e. The lowest BCUT2D eigenvalue weighted by Gasteiger charge is -2.01. The van der Waals surface area contributed by atoms with Crippen LogP contribution in [0.2, 0.25) is 5.02 Å². The van der Waals surface area contributed by atoms with Crippen molar-refractivity contribution < 1.29 is 9.90 Å². The van der Waals surface area contributed by atoms with Crippen LogP contribution >= 0.6 is 11.6 Å². The minimum atomic E-state index is -1.08. The molecule has 0 radical (unpaired) electrons. The van der Waals surface area contributed by atoms with E-state index >= 15 is 0 Å². The molecule has 5 nitrogen and oxygen atoms in total. The summed E-state index contributed by atoms with van der Waals surface area (Å²) in [6.45, 7) is 4.39. The first-order chi connectivity index (χ1) is 7.56. The topological polar surface area (TPSA) is 68.0 Å². The minimum absolute atomic E-state index is 0.00733. The SMILES string of the molecule is CCn1nc(C)c2c(Cl)c(C(=O)O)cnc21. The largest absolute Gasteiger partial charge is 0.478 e. The van der Waals surface area contributed by atoms with Crippen molar-refractivity contribution in [1.29, 1.82) is 0 Å². The number of hydrogen-bond acceptors (Lipinski definition) is 3. The molecular formula is C10H10ClN3O2. The van der Waals surface area contributed by atoms with Gasteiger partial charge < -0.3 is 5.11 Å². The van der Waals surface area contributed by atoms with Gasteiger partial charge in [0.25, 0.3) is 0 Å². The summed E-state index contributed by atoms with van der Waals surface area (Å²) in [6, 6.07) is 0. The molecule has 6 heteroatoms. The van der Waals surface area contributed by atoms with E-state index in [1.54, 1.807) is 11.6 Å². The molecule has 0 spiro atoms. The highest BCUT2D eigenvalue weighted by Gasteiger charge is 2.17. The number of hydrogen-bond donors (Lipinski definition) is 1. The second-order valence-corrected chi connectivity index (χ2v) is 3.77. The number of pyridine rings is 1. The molecule has 0 fully saturated rings. The lowest BCUT2D eigenvalue weighted by Crippen LogP contribution is -2.01. The molecule has 2 aromatic rings. The second-order valence-electron chi connectivity index (χ2n) is 3.39. The molecule has 2 heterocycles. The van der Waals surface area contributed by atoms with Crippen LogP contribution in [0.3, 0.4) is 0 Å². The van der Waals surface area contributed by atoms with Crippen molar-refractivity contribution in [3.63, 3.8) is 0 Å². The van der Waals surface area contributed by atoms with Crippen LogP contribution in [-0.4, -0.2) is 25.8 Å². The fourth-order valence-electron chi connectivity index (χ4n) is 1.64. The Bertz CT molecular complexity index is 577. The molecule has 16 heavy (non-hydrogen) atoms. The van der Waals surface area contributed by atoms with Gasteiger partial charge in [0.2, 0.25) is 0 Å². The van der Waals surface area contributed by atoms with Gasteiger partial charge in [0, 0.05) is 12.7 Å². The van der Waals surface area contributed by atoms with Gasteiger partial charge in [-0.2, -0.15) is 5.10 Å². The highest BCUT2D eigenvalue weighted by Crippen LogP contribution is 2.28. The Balaban J connectivity index is 2.84. The van der Waals surface area contributed by atoms with E-state index in [2.05, 4.69) is 10.1 Å². The summed E-state index contributed by atoms with van der Waals surface area (Å²) < 4.78 is 1.70. The number of aromatic carboxylic acids is 1. The third-order valence-corrected chi connectivity index (χ3v) is 2.80. The molecule has 0 bridgehead atoms. The molecule has 0 unspecified atom stereocenters. The molecule has 0 aliphatic rings. The Hall–Kier alpha value is -1.62. The van der Waals surface area contributed by atoms with Gasteiger partial charge in [-0.1, -0.05) is 11.6 Å². The first kappa shape index (κ1) is 10.9. The third kappa shape index (κ3) is 1.44. The van der Waals surface area contributed by atoms with Gasteiger partial charge in [-0.3, -0.25) is 0 Å². The Kier molecular flexibility index (Phi) is 2.55. The van der Waals surface area contributed by atoms with E-state index in [0.29, 0.717) is 23.3 Å². The number of aromatic nitrogens is 3. The lowest BCUT2D eigenvalue weighted by atomic mass is 10.2. The number of carboxylic acids is 1. The zero-order chi connectivity index (χ0) is 11.9. The average molecular weight is 240 g/mol. The smallest absolute Gasteiger partial charge is 0.338 e. The molecule has 0 aliphatic heterocycles. The number of carbonyl (C=O) groups is 1. The van der Waals surface area contributed by atoms with Gasteiger partial charge in [0.05, 0.1) is 21.7 Å². The standard InChI is InChI=1S/C10H10ClN3O2/c1-3-14-9-7(5(2)13-14)8(11)6(4-12-9)10(15)16/h4H,3H2,1-2H3,(H,15,16). The molecule has 0 amide bonds. The summed E-state index contributed by atoms with van der Waals surface area (Å²) in [6.07, 6.45) is 1.26. The van der Waals surface area contributed by atoms with Crippen LogP contribution in [0.25, 0.3) is 11.0 Å². The zero-order valence-corrected chi connectivity index (χ0v) is 9.62. The maximum absolute atomic E-state index is 10.9. The fourth-order valence-corrected chi connectivity index (χ4v) is 1.99. The number of fused-ring (bicyclic) bond motifs is 1. The van der Waals surface area contributed by atoms with Crippen molar-refractivity contribution in [2.45, 2.75) is 20.4 Å². The molecule has 2 aromatic heterocycles. The van der Waals surface area contributed by atoms with E-state index in [4.69, 9.17) is 16.7 Å². The Morgan fingerprint density at radius 2 is 2.31 bits per heavy atom. The van der Waals surface area contributed by atoms with Crippen molar-refractivity contribution >= 4 is 28.6 Å². The Morgan fingerprint density at radius 3 is 2.88 bits per heavy atom. The number of carboxylic acid groups (broad SMARTS) is 1. The number of aryl methyl sites for hydroxylation is 2. The lowest BCUT2D eigenvalue weighted by molar-refractivity contribution is 0.0697. The van der Waals surface area contributed by atoms with Gasteiger partial charge in [-0.15, -0.1) is 0 Å². The van der Waals surface area contributed by atoms with Crippen molar-refractivity contribution in [2.75, 3.05) is 0 Å². The highest BCUT2D eigenvalue weighted by atomic mass is 35.5. The Morgan fingerprint density at radius 1 is 1.62 bits per heavy atom. The monoisotopic (exact) mass is 239 g/mol. The second kappa shape index (κ2) is 3.75. The summed E-state index contributed by atoms with van der Waals surface area (Å²) in [4.78, 5) is 15.0. The Labute approximate surface area is 96.7 Å². The maximum atomic E-state index is 10.9. The van der Waals surface area contributed by atoms with Crippen LogP contribution in [0.15, 0.2) is 6.20 Å². The summed E-state index contributed by atoms with van der Waals surface area (Å²) in [5.41, 5.74) is 1.32. The van der Waals surface area contributed by atoms with Gasteiger partial charge in [-0.25, -0.2) is 14.5 Å². The summed E-state index contributed by atoms with van der Waals surface area (Å²) in [7, 11) is 0. The number of halogens is 1. The van der Waals surface area contributed by atoms with Crippen LogP contribution in [0.1, 0.15) is 23.0 Å². The predicted molar refractivity (Wildman–Crippen MR) is 59.9 cm³/mol. The van der Waals surface area contributed by atoms with Crippen LogP contribution in [0, 0.1) is 6.92 Å². The van der Waals surface area contributed by atoms with E-state index < -0.39 is 5.97 Å². The van der Waals surface area contributed by atoms with E-state index in [0.717, 1.165) is 0 Å². The molecule has 0 atom stereocenters. The van der Waals surface area contributed by atoms with Gasteiger partial charge in [0.1, 0.15) is 0 Å². The van der Waals surface area contributed by atoms with E-state index in [1.165, 1.54) is 6.20 Å². The third-order valence-electron chi connectivity index (χ3n) is 2.40. The van der Waals surface area contributed by atoms with Gasteiger partial charge >= 0.3 is 5.97 Å². The quantitative estimate of drug-likeness (QED) is 0.872. The fraction of sp³-hybridized carbons (Fsp3) is 0.300. The molecular weight excluding hydrogens is 230 g/mol. The molecule has 0 saturated heterocycles.